The van der Waals surface area contributed by atoms with Gasteiger partial charge < -0.3 is 14.6 Å². The lowest BCUT2D eigenvalue weighted by molar-refractivity contribution is 0.0525. The second kappa shape index (κ2) is 7.29. The molecule has 0 radical (unpaired) electrons. The maximum Gasteiger partial charge on any atom is 0.340 e. The Bertz CT molecular complexity index is 941. The molecule has 1 N–H and O–H groups in total. The number of aromatic nitrogens is 2. The number of para-hydroxylation sites is 1. The molecule has 0 spiro atoms. The molecule has 3 rings (SSSR count). The highest BCUT2D eigenvalue weighted by Crippen LogP contribution is 2.24. The van der Waals surface area contributed by atoms with Crippen LogP contribution in [0.1, 0.15) is 44.0 Å². The van der Waals surface area contributed by atoms with E-state index in [2.05, 4.69) is 9.97 Å². The van der Waals surface area contributed by atoms with Gasteiger partial charge in [-0.15, -0.1) is 11.3 Å². The van der Waals surface area contributed by atoms with Gasteiger partial charge in [0.1, 0.15) is 10.7 Å². The van der Waals surface area contributed by atoms with E-state index < -0.39 is 5.97 Å². The summed E-state index contributed by atoms with van der Waals surface area (Å²) in [7, 11) is 1.73. The summed E-state index contributed by atoms with van der Waals surface area (Å²) in [6.07, 6.45) is 0. The number of hydrogen-bond donors (Lipinski definition) is 1. The molecule has 26 heavy (non-hydrogen) atoms. The van der Waals surface area contributed by atoms with E-state index in [1.165, 1.54) is 0 Å². The SMILES string of the molecule is CCOC(=O)c1c(C)[nH]c(C(=O)N(C)Cc2nc3ccccc3s2)c1C. The van der Waals surface area contributed by atoms with E-state index in [0.717, 1.165) is 15.2 Å². The predicted octanol–water partition coefficient (Wildman–Crippen LogP) is 3.69. The Labute approximate surface area is 155 Å². The van der Waals surface area contributed by atoms with E-state index in [9.17, 15) is 9.59 Å². The zero-order chi connectivity index (χ0) is 18.8. The maximum absolute atomic E-state index is 12.9. The zero-order valence-electron chi connectivity index (χ0n) is 15.3. The Morgan fingerprint density at radius 1 is 1.27 bits per heavy atom. The number of H-pyrrole nitrogens is 1. The molecule has 0 aliphatic carbocycles. The van der Waals surface area contributed by atoms with Crippen molar-refractivity contribution in [2.45, 2.75) is 27.3 Å². The monoisotopic (exact) mass is 371 g/mol. The normalized spacial score (nSPS) is 10.9. The van der Waals surface area contributed by atoms with E-state index in [4.69, 9.17) is 4.74 Å². The molecule has 3 aromatic rings. The van der Waals surface area contributed by atoms with Crippen LogP contribution in [0.25, 0.3) is 10.2 Å². The molecule has 2 heterocycles. The Kier molecular flexibility index (Phi) is 5.08. The number of hydrogen-bond acceptors (Lipinski definition) is 5. The highest BCUT2D eigenvalue weighted by Gasteiger charge is 2.25. The number of thiazole rings is 1. The third-order valence-electron chi connectivity index (χ3n) is 4.19. The van der Waals surface area contributed by atoms with Crippen molar-refractivity contribution in [3.05, 3.63) is 51.8 Å². The van der Waals surface area contributed by atoms with Crippen molar-refractivity contribution in [2.75, 3.05) is 13.7 Å². The van der Waals surface area contributed by atoms with Crippen LogP contribution in [0.2, 0.25) is 0 Å². The van der Waals surface area contributed by atoms with Crippen LogP contribution in [0.3, 0.4) is 0 Å². The number of fused-ring (bicyclic) bond motifs is 1. The van der Waals surface area contributed by atoms with Crippen LogP contribution in [0.5, 0.6) is 0 Å². The highest BCUT2D eigenvalue weighted by atomic mass is 32.1. The van der Waals surface area contributed by atoms with E-state index in [1.807, 2.05) is 24.3 Å². The van der Waals surface area contributed by atoms with Crippen LogP contribution >= 0.6 is 11.3 Å². The summed E-state index contributed by atoms with van der Waals surface area (Å²) in [5, 5.41) is 0.869. The number of esters is 1. The largest absolute Gasteiger partial charge is 0.462 e. The molecule has 0 saturated heterocycles. The topological polar surface area (TPSA) is 75.3 Å². The molecular formula is C19H21N3O3S. The number of carbonyl (C=O) groups excluding carboxylic acids is 2. The van der Waals surface area contributed by atoms with E-state index in [1.54, 1.807) is 44.1 Å². The van der Waals surface area contributed by atoms with Crippen LogP contribution in [-0.4, -0.2) is 40.4 Å². The molecule has 0 atom stereocenters. The molecule has 0 bridgehead atoms. The fourth-order valence-corrected chi connectivity index (χ4v) is 3.95. The quantitative estimate of drug-likeness (QED) is 0.694. The first-order valence-electron chi connectivity index (χ1n) is 8.38. The van der Waals surface area contributed by atoms with Crippen LogP contribution in [0, 0.1) is 13.8 Å². The molecule has 0 fully saturated rings. The molecule has 7 heteroatoms. The lowest BCUT2D eigenvalue weighted by atomic mass is 10.1. The van der Waals surface area contributed by atoms with E-state index in [0.29, 0.717) is 35.7 Å². The second-order valence-electron chi connectivity index (χ2n) is 6.08. The first kappa shape index (κ1) is 18.1. The predicted molar refractivity (Wildman–Crippen MR) is 102 cm³/mol. The number of aryl methyl sites for hydroxylation is 1. The standard InChI is InChI=1S/C19H21N3O3S/c1-5-25-19(24)16-11(2)17(20-12(16)3)18(23)22(4)10-15-21-13-8-6-7-9-14(13)26-15/h6-9,20H,5,10H2,1-4H3. The lowest BCUT2D eigenvalue weighted by Gasteiger charge is -2.15. The van der Waals surface area contributed by atoms with Crippen molar-refractivity contribution in [3.8, 4) is 0 Å². The van der Waals surface area contributed by atoms with Gasteiger partial charge in [0.05, 0.1) is 28.9 Å². The average Bonchev–Trinajstić information content (AvgIpc) is 3.14. The average molecular weight is 371 g/mol. The molecule has 6 nitrogen and oxygen atoms in total. The van der Waals surface area contributed by atoms with Gasteiger partial charge in [0, 0.05) is 12.7 Å². The summed E-state index contributed by atoms with van der Waals surface area (Å²) in [6, 6.07) is 7.90. The smallest absolute Gasteiger partial charge is 0.340 e. The number of aromatic amines is 1. The number of amides is 1. The van der Waals surface area contributed by atoms with Crippen molar-refractivity contribution < 1.29 is 14.3 Å². The minimum Gasteiger partial charge on any atom is -0.462 e. The maximum atomic E-state index is 12.9. The van der Waals surface area contributed by atoms with Crippen molar-refractivity contribution in [2.24, 2.45) is 0 Å². The van der Waals surface area contributed by atoms with Crippen LogP contribution in [0.15, 0.2) is 24.3 Å². The van der Waals surface area contributed by atoms with Gasteiger partial charge in [0.2, 0.25) is 0 Å². The molecule has 0 unspecified atom stereocenters. The molecule has 2 aromatic heterocycles. The number of ether oxygens (including phenoxy) is 1. The Morgan fingerprint density at radius 2 is 2.00 bits per heavy atom. The van der Waals surface area contributed by atoms with E-state index in [-0.39, 0.29) is 5.91 Å². The molecule has 0 aliphatic heterocycles. The molecule has 136 valence electrons. The van der Waals surface area contributed by atoms with Gasteiger partial charge >= 0.3 is 5.97 Å². The summed E-state index contributed by atoms with van der Waals surface area (Å²) in [4.78, 5) is 34.2. The molecule has 1 amide bonds. The van der Waals surface area contributed by atoms with Crippen molar-refractivity contribution in [1.82, 2.24) is 14.9 Å². The minimum atomic E-state index is -0.411. The fraction of sp³-hybridized carbons (Fsp3) is 0.316. The summed E-state index contributed by atoms with van der Waals surface area (Å²) >= 11 is 1.57. The highest BCUT2D eigenvalue weighted by molar-refractivity contribution is 7.18. The van der Waals surface area contributed by atoms with Gasteiger partial charge in [0.15, 0.2) is 0 Å². The Hall–Kier alpha value is -2.67. The Morgan fingerprint density at radius 3 is 2.69 bits per heavy atom. The summed E-state index contributed by atoms with van der Waals surface area (Å²) < 4.78 is 6.18. The number of carbonyl (C=O) groups is 2. The van der Waals surface area contributed by atoms with Gasteiger partial charge in [-0.05, 0) is 38.5 Å². The minimum absolute atomic E-state index is 0.180. The van der Waals surface area contributed by atoms with Gasteiger partial charge in [-0.2, -0.15) is 0 Å². The number of nitrogens with zero attached hydrogens (tertiary/aromatic N) is 2. The molecule has 0 saturated carbocycles. The van der Waals surface area contributed by atoms with Gasteiger partial charge in [0.25, 0.3) is 5.91 Å². The third kappa shape index (κ3) is 3.35. The van der Waals surface area contributed by atoms with E-state index >= 15 is 0 Å². The van der Waals surface area contributed by atoms with Crippen molar-refractivity contribution >= 4 is 33.4 Å². The molecule has 1 aromatic carbocycles. The number of benzene rings is 1. The second-order valence-corrected chi connectivity index (χ2v) is 7.20. The van der Waals surface area contributed by atoms with Gasteiger partial charge in [-0.25, -0.2) is 9.78 Å². The van der Waals surface area contributed by atoms with Crippen LogP contribution < -0.4 is 0 Å². The summed E-state index contributed by atoms with van der Waals surface area (Å²) in [5.41, 5.74) is 3.03. The first-order valence-corrected chi connectivity index (χ1v) is 9.20. The number of nitrogens with one attached hydrogen (secondary N) is 1. The molecular weight excluding hydrogens is 350 g/mol. The van der Waals surface area contributed by atoms with Crippen LogP contribution in [-0.2, 0) is 11.3 Å². The van der Waals surface area contributed by atoms with Crippen molar-refractivity contribution in [3.63, 3.8) is 0 Å². The first-order chi connectivity index (χ1) is 12.4. The lowest BCUT2D eigenvalue weighted by Crippen LogP contribution is -2.27. The molecule has 0 aliphatic rings. The van der Waals surface area contributed by atoms with Gasteiger partial charge in [-0.3, -0.25) is 4.79 Å². The summed E-state index contributed by atoms with van der Waals surface area (Å²) in [6.45, 7) is 5.99. The fourth-order valence-electron chi connectivity index (χ4n) is 2.93. The third-order valence-corrected chi connectivity index (χ3v) is 5.21. The van der Waals surface area contributed by atoms with Crippen molar-refractivity contribution in [1.29, 1.82) is 0 Å². The zero-order valence-corrected chi connectivity index (χ0v) is 16.1. The summed E-state index contributed by atoms with van der Waals surface area (Å²) in [5.74, 6) is -0.591. The number of rotatable bonds is 5. The van der Waals surface area contributed by atoms with Crippen LogP contribution in [0.4, 0.5) is 0 Å². The van der Waals surface area contributed by atoms with Gasteiger partial charge in [-0.1, -0.05) is 12.1 Å². The Balaban J connectivity index is 1.82.